The highest BCUT2D eigenvalue weighted by Crippen LogP contribution is 2.42. The Labute approximate surface area is 166 Å². The summed E-state index contributed by atoms with van der Waals surface area (Å²) in [6.45, 7) is 3.95. The van der Waals surface area contributed by atoms with Gasteiger partial charge in [0.2, 0.25) is 5.75 Å². The molecule has 0 saturated carbocycles. The predicted molar refractivity (Wildman–Crippen MR) is 108 cm³/mol. The van der Waals surface area contributed by atoms with Gasteiger partial charge in [-0.05, 0) is 48.4 Å². The first kappa shape index (κ1) is 19.8. The Bertz CT molecular complexity index is 736. The van der Waals surface area contributed by atoms with Gasteiger partial charge < -0.3 is 19.5 Å². The number of halogens is 1. The molecule has 1 aliphatic heterocycles. The molecular weight excluding hydrogens is 364 g/mol. The molecule has 146 valence electrons. The van der Waals surface area contributed by atoms with Gasteiger partial charge in [-0.2, -0.15) is 0 Å². The quantitative estimate of drug-likeness (QED) is 0.813. The zero-order valence-corrected chi connectivity index (χ0v) is 16.9. The van der Waals surface area contributed by atoms with E-state index in [-0.39, 0.29) is 6.04 Å². The summed E-state index contributed by atoms with van der Waals surface area (Å²) in [6, 6.07) is 12.2. The second-order valence-electron chi connectivity index (χ2n) is 6.56. The van der Waals surface area contributed by atoms with Crippen molar-refractivity contribution >= 4 is 11.6 Å². The molecule has 6 heteroatoms. The van der Waals surface area contributed by atoms with E-state index in [4.69, 9.17) is 25.8 Å². The second kappa shape index (κ2) is 9.31. The monoisotopic (exact) mass is 390 g/mol. The smallest absolute Gasteiger partial charge is 0.203 e. The minimum Gasteiger partial charge on any atom is -0.493 e. The Morgan fingerprint density at radius 3 is 2.30 bits per heavy atom. The lowest BCUT2D eigenvalue weighted by molar-refractivity contribution is 0.239. The van der Waals surface area contributed by atoms with E-state index in [1.165, 1.54) is 0 Å². The van der Waals surface area contributed by atoms with E-state index in [0.29, 0.717) is 17.2 Å². The van der Waals surface area contributed by atoms with Crippen molar-refractivity contribution in [2.75, 3.05) is 47.5 Å². The van der Waals surface area contributed by atoms with Gasteiger partial charge in [0.05, 0.1) is 27.4 Å². The molecule has 1 aliphatic rings. The minimum absolute atomic E-state index is 0.0531. The standard InChI is InChI=1S/C21H27ClN2O3/c1-25-18-13-16(14-19(26-2)21(18)27-3)20(15-6-4-7-17(22)12-15)24-10-5-8-23-9-11-24/h4,6-7,12-14,20,23H,5,8-11H2,1-3H3. The van der Waals surface area contributed by atoms with Crippen molar-refractivity contribution in [3.8, 4) is 17.2 Å². The van der Waals surface area contributed by atoms with Crippen molar-refractivity contribution in [3.05, 3.63) is 52.5 Å². The van der Waals surface area contributed by atoms with E-state index >= 15 is 0 Å². The Hall–Kier alpha value is -1.95. The van der Waals surface area contributed by atoms with Crippen molar-refractivity contribution in [1.82, 2.24) is 10.2 Å². The highest BCUT2D eigenvalue weighted by molar-refractivity contribution is 6.30. The largest absolute Gasteiger partial charge is 0.493 e. The molecule has 0 aromatic heterocycles. The Morgan fingerprint density at radius 2 is 1.67 bits per heavy atom. The molecule has 1 fully saturated rings. The SMILES string of the molecule is COc1cc(C(c2cccc(Cl)c2)N2CCCNCC2)cc(OC)c1OC. The molecule has 1 N–H and O–H groups in total. The molecule has 1 unspecified atom stereocenters. The summed E-state index contributed by atoms with van der Waals surface area (Å²) in [5.41, 5.74) is 2.24. The van der Waals surface area contributed by atoms with Gasteiger partial charge >= 0.3 is 0 Å². The fourth-order valence-electron chi connectivity index (χ4n) is 3.67. The fraction of sp³-hybridized carbons (Fsp3) is 0.429. The van der Waals surface area contributed by atoms with Crippen LogP contribution in [0.2, 0.25) is 5.02 Å². The van der Waals surface area contributed by atoms with Crippen LogP contribution in [0.3, 0.4) is 0 Å². The molecule has 0 bridgehead atoms. The van der Waals surface area contributed by atoms with E-state index in [9.17, 15) is 0 Å². The second-order valence-corrected chi connectivity index (χ2v) is 6.99. The Kier molecular flexibility index (Phi) is 6.83. The molecule has 0 aliphatic carbocycles. The summed E-state index contributed by atoms with van der Waals surface area (Å²) < 4.78 is 16.6. The molecule has 2 aromatic rings. The zero-order valence-electron chi connectivity index (χ0n) is 16.1. The van der Waals surface area contributed by atoms with Gasteiger partial charge in [-0.1, -0.05) is 23.7 Å². The highest BCUT2D eigenvalue weighted by Gasteiger charge is 2.26. The van der Waals surface area contributed by atoms with Crippen LogP contribution in [0, 0.1) is 0 Å². The van der Waals surface area contributed by atoms with Crippen molar-refractivity contribution in [2.45, 2.75) is 12.5 Å². The number of ether oxygens (including phenoxy) is 3. The van der Waals surface area contributed by atoms with Crippen molar-refractivity contribution in [1.29, 1.82) is 0 Å². The first-order chi connectivity index (χ1) is 13.2. The van der Waals surface area contributed by atoms with Gasteiger partial charge in [0.15, 0.2) is 11.5 Å². The van der Waals surface area contributed by atoms with Crippen LogP contribution in [0.4, 0.5) is 0 Å². The summed E-state index contributed by atoms with van der Waals surface area (Å²) in [5.74, 6) is 1.92. The molecule has 0 radical (unpaired) electrons. The van der Waals surface area contributed by atoms with E-state index in [2.05, 4.69) is 16.3 Å². The summed E-state index contributed by atoms with van der Waals surface area (Å²) in [5, 5.41) is 4.21. The fourth-order valence-corrected chi connectivity index (χ4v) is 3.87. The number of benzene rings is 2. The Balaban J connectivity index is 2.12. The van der Waals surface area contributed by atoms with Crippen molar-refractivity contribution < 1.29 is 14.2 Å². The molecule has 3 rings (SSSR count). The minimum atomic E-state index is 0.0531. The third kappa shape index (κ3) is 4.49. The molecule has 0 spiro atoms. The third-order valence-electron chi connectivity index (χ3n) is 4.91. The Morgan fingerprint density at radius 1 is 0.926 bits per heavy atom. The normalized spacial score (nSPS) is 16.4. The van der Waals surface area contributed by atoms with Crippen LogP contribution in [0.15, 0.2) is 36.4 Å². The van der Waals surface area contributed by atoms with Gasteiger partial charge in [0.25, 0.3) is 0 Å². The van der Waals surface area contributed by atoms with Gasteiger partial charge in [-0.15, -0.1) is 0 Å². The number of methoxy groups -OCH3 is 3. The van der Waals surface area contributed by atoms with Crippen LogP contribution in [0.1, 0.15) is 23.6 Å². The molecule has 1 heterocycles. The van der Waals surface area contributed by atoms with E-state index in [1.54, 1.807) is 21.3 Å². The predicted octanol–water partition coefficient (Wildman–Crippen LogP) is 3.75. The van der Waals surface area contributed by atoms with E-state index in [0.717, 1.165) is 48.7 Å². The lowest BCUT2D eigenvalue weighted by Crippen LogP contribution is -2.33. The van der Waals surface area contributed by atoms with Crippen LogP contribution in [0.5, 0.6) is 17.2 Å². The average Bonchev–Trinajstić information content (AvgIpc) is 2.96. The zero-order chi connectivity index (χ0) is 19.2. The highest BCUT2D eigenvalue weighted by atomic mass is 35.5. The molecule has 0 amide bonds. The van der Waals surface area contributed by atoms with Crippen LogP contribution < -0.4 is 19.5 Å². The van der Waals surface area contributed by atoms with E-state index in [1.807, 2.05) is 30.3 Å². The lowest BCUT2D eigenvalue weighted by atomic mass is 9.96. The number of hydrogen-bond donors (Lipinski definition) is 1. The third-order valence-corrected chi connectivity index (χ3v) is 5.14. The molecule has 1 saturated heterocycles. The maximum Gasteiger partial charge on any atom is 0.203 e. The first-order valence-corrected chi connectivity index (χ1v) is 9.56. The van der Waals surface area contributed by atoms with Crippen LogP contribution in [0.25, 0.3) is 0 Å². The van der Waals surface area contributed by atoms with Gasteiger partial charge in [-0.25, -0.2) is 0 Å². The maximum atomic E-state index is 6.31. The molecule has 27 heavy (non-hydrogen) atoms. The lowest BCUT2D eigenvalue weighted by Gasteiger charge is -2.32. The number of rotatable bonds is 6. The van der Waals surface area contributed by atoms with Crippen LogP contribution in [-0.2, 0) is 0 Å². The van der Waals surface area contributed by atoms with Crippen LogP contribution in [-0.4, -0.2) is 52.4 Å². The van der Waals surface area contributed by atoms with Gasteiger partial charge in [-0.3, -0.25) is 4.90 Å². The number of nitrogens with one attached hydrogen (secondary N) is 1. The number of hydrogen-bond acceptors (Lipinski definition) is 5. The molecule has 5 nitrogen and oxygen atoms in total. The van der Waals surface area contributed by atoms with Gasteiger partial charge in [0, 0.05) is 24.7 Å². The van der Waals surface area contributed by atoms with Gasteiger partial charge in [0.1, 0.15) is 0 Å². The molecule has 2 aromatic carbocycles. The topological polar surface area (TPSA) is 43.0 Å². The van der Waals surface area contributed by atoms with Crippen LogP contribution >= 0.6 is 11.6 Å². The van der Waals surface area contributed by atoms with Crippen molar-refractivity contribution in [2.24, 2.45) is 0 Å². The molecular formula is C21H27ClN2O3. The number of nitrogens with zero attached hydrogens (tertiary/aromatic N) is 1. The summed E-state index contributed by atoms with van der Waals surface area (Å²) in [7, 11) is 4.91. The molecule has 1 atom stereocenters. The summed E-state index contributed by atoms with van der Waals surface area (Å²) in [6.07, 6.45) is 1.10. The van der Waals surface area contributed by atoms with Crippen molar-refractivity contribution in [3.63, 3.8) is 0 Å². The average molecular weight is 391 g/mol. The van der Waals surface area contributed by atoms with E-state index < -0.39 is 0 Å². The summed E-state index contributed by atoms with van der Waals surface area (Å²) >= 11 is 6.31. The first-order valence-electron chi connectivity index (χ1n) is 9.18. The summed E-state index contributed by atoms with van der Waals surface area (Å²) in [4.78, 5) is 2.48. The maximum absolute atomic E-state index is 6.31.